The smallest absolute Gasteiger partial charge is 0.256 e. The highest BCUT2D eigenvalue weighted by Gasteiger charge is 2.28. The first kappa shape index (κ1) is 17.0. The van der Waals surface area contributed by atoms with E-state index in [1.807, 2.05) is 36.7 Å². The van der Waals surface area contributed by atoms with Crippen LogP contribution >= 0.6 is 11.8 Å². The van der Waals surface area contributed by atoms with E-state index in [2.05, 4.69) is 20.9 Å². The second-order valence-corrected chi connectivity index (χ2v) is 6.86. The number of hydrogen-bond acceptors (Lipinski definition) is 4. The zero-order valence-corrected chi connectivity index (χ0v) is 14.8. The van der Waals surface area contributed by atoms with Crippen molar-refractivity contribution in [2.75, 3.05) is 12.8 Å². The maximum atomic E-state index is 13.1. The lowest BCUT2D eigenvalue weighted by atomic mass is 9.96. The molecule has 1 saturated heterocycles. The lowest BCUT2D eigenvalue weighted by Crippen LogP contribution is -2.44. The fraction of sp³-hybridized carbons (Fsp3) is 0.421. The number of amides is 1. The highest BCUT2D eigenvalue weighted by Crippen LogP contribution is 2.26. The van der Waals surface area contributed by atoms with Gasteiger partial charge in [-0.25, -0.2) is 4.98 Å². The number of rotatable bonds is 5. The van der Waals surface area contributed by atoms with Gasteiger partial charge in [-0.2, -0.15) is 0 Å². The van der Waals surface area contributed by atoms with Gasteiger partial charge in [-0.3, -0.25) is 9.78 Å². The van der Waals surface area contributed by atoms with Gasteiger partial charge in [0.1, 0.15) is 5.03 Å². The Balaban J connectivity index is 1.73. The molecular weight excluding hydrogens is 318 g/mol. The summed E-state index contributed by atoms with van der Waals surface area (Å²) in [5.74, 6) is 0.123. The van der Waals surface area contributed by atoms with Crippen molar-refractivity contribution < 1.29 is 4.79 Å². The van der Waals surface area contributed by atoms with Crippen LogP contribution in [0, 0.1) is 0 Å². The number of thioether (sulfide) groups is 1. The molecule has 0 aromatic carbocycles. The minimum absolute atomic E-state index is 0.123. The third-order valence-corrected chi connectivity index (χ3v) is 5.25. The van der Waals surface area contributed by atoms with Gasteiger partial charge >= 0.3 is 0 Å². The van der Waals surface area contributed by atoms with Crippen LogP contribution in [-0.4, -0.2) is 39.6 Å². The molecular formula is C19H23N3OS. The van der Waals surface area contributed by atoms with Crippen LogP contribution in [-0.2, 0) is 6.42 Å². The lowest BCUT2D eigenvalue weighted by Gasteiger charge is -2.36. The molecule has 1 aliphatic heterocycles. The summed E-state index contributed by atoms with van der Waals surface area (Å²) in [5.41, 5.74) is 1.83. The number of aromatic nitrogens is 2. The summed E-state index contributed by atoms with van der Waals surface area (Å²) >= 11 is 1.53. The van der Waals surface area contributed by atoms with Crippen LogP contribution in [0.4, 0.5) is 0 Å². The number of carbonyl (C=O) groups excluding carboxylic acids is 1. The van der Waals surface area contributed by atoms with Crippen molar-refractivity contribution in [3.05, 3.63) is 54.0 Å². The van der Waals surface area contributed by atoms with Gasteiger partial charge in [-0.05, 0) is 62.6 Å². The van der Waals surface area contributed by atoms with Crippen LogP contribution in [0.25, 0.3) is 0 Å². The molecule has 0 N–H and O–H groups in total. The number of pyridine rings is 2. The van der Waals surface area contributed by atoms with E-state index in [1.165, 1.54) is 18.2 Å². The van der Waals surface area contributed by atoms with Crippen LogP contribution < -0.4 is 0 Å². The Hall–Kier alpha value is -1.88. The maximum absolute atomic E-state index is 13.1. The summed E-state index contributed by atoms with van der Waals surface area (Å²) in [6, 6.07) is 10.1. The number of aryl methyl sites for hydroxylation is 1. The number of hydrogen-bond donors (Lipinski definition) is 0. The lowest BCUT2D eigenvalue weighted by molar-refractivity contribution is 0.0597. The summed E-state index contributed by atoms with van der Waals surface area (Å²) in [4.78, 5) is 23.9. The molecule has 4 nitrogen and oxygen atoms in total. The van der Waals surface area contributed by atoms with Gasteiger partial charge in [0.05, 0.1) is 5.56 Å². The summed E-state index contributed by atoms with van der Waals surface area (Å²) in [6.45, 7) is 0.842. The van der Waals surface area contributed by atoms with Gasteiger partial charge in [0.2, 0.25) is 0 Å². The number of nitrogens with zero attached hydrogens (tertiary/aromatic N) is 3. The van der Waals surface area contributed by atoms with E-state index in [9.17, 15) is 4.79 Å². The van der Waals surface area contributed by atoms with Gasteiger partial charge in [0, 0.05) is 30.7 Å². The molecule has 1 atom stereocenters. The Morgan fingerprint density at radius 1 is 1.21 bits per heavy atom. The second-order valence-electron chi connectivity index (χ2n) is 6.07. The molecule has 3 heterocycles. The van der Waals surface area contributed by atoms with E-state index in [0.717, 1.165) is 48.5 Å². The fourth-order valence-corrected chi connectivity index (χ4v) is 3.84. The Morgan fingerprint density at radius 2 is 2.08 bits per heavy atom. The Morgan fingerprint density at radius 3 is 2.88 bits per heavy atom. The van der Waals surface area contributed by atoms with Crippen molar-refractivity contribution in [2.24, 2.45) is 0 Å². The molecule has 2 aromatic heterocycles. The third-order valence-electron chi connectivity index (χ3n) is 4.54. The van der Waals surface area contributed by atoms with Gasteiger partial charge in [-0.1, -0.05) is 6.07 Å². The molecule has 126 valence electrons. The summed E-state index contributed by atoms with van der Waals surface area (Å²) in [5, 5.41) is 0.816. The number of likely N-dealkylation sites (tertiary alicyclic amines) is 1. The van der Waals surface area contributed by atoms with Crippen molar-refractivity contribution in [1.29, 1.82) is 0 Å². The summed E-state index contributed by atoms with van der Waals surface area (Å²) in [7, 11) is 0. The average Bonchev–Trinajstić information content (AvgIpc) is 2.67. The second kappa shape index (κ2) is 8.29. The predicted octanol–water partition coefficient (Wildman–Crippen LogP) is 3.83. The Kier molecular flexibility index (Phi) is 5.86. The van der Waals surface area contributed by atoms with Gasteiger partial charge in [0.25, 0.3) is 5.91 Å². The molecule has 0 spiro atoms. The molecule has 1 fully saturated rings. The van der Waals surface area contributed by atoms with Crippen LogP contribution in [0.2, 0.25) is 0 Å². The summed E-state index contributed by atoms with van der Waals surface area (Å²) in [6.07, 6.45) is 10.8. The monoisotopic (exact) mass is 341 g/mol. The van der Waals surface area contributed by atoms with E-state index in [0.29, 0.717) is 6.04 Å². The van der Waals surface area contributed by atoms with Crippen LogP contribution in [0.15, 0.2) is 47.8 Å². The summed E-state index contributed by atoms with van der Waals surface area (Å²) < 4.78 is 0. The molecule has 1 aliphatic rings. The molecule has 2 aromatic rings. The third kappa shape index (κ3) is 3.96. The minimum Gasteiger partial charge on any atom is -0.336 e. The Bertz CT molecular complexity index is 677. The molecule has 24 heavy (non-hydrogen) atoms. The zero-order valence-electron chi connectivity index (χ0n) is 14.0. The number of carbonyl (C=O) groups is 1. The van der Waals surface area contributed by atoms with E-state index in [4.69, 9.17) is 0 Å². The van der Waals surface area contributed by atoms with Crippen molar-refractivity contribution in [2.45, 2.75) is 43.2 Å². The van der Waals surface area contributed by atoms with Gasteiger partial charge in [0.15, 0.2) is 0 Å². The minimum atomic E-state index is 0.123. The molecule has 0 aliphatic carbocycles. The topological polar surface area (TPSA) is 46.1 Å². The number of piperidine rings is 1. The van der Waals surface area contributed by atoms with E-state index in [1.54, 1.807) is 6.20 Å². The van der Waals surface area contributed by atoms with Gasteiger partial charge < -0.3 is 4.90 Å². The van der Waals surface area contributed by atoms with Crippen molar-refractivity contribution in [1.82, 2.24) is 14.9 Å². The SMILES string of the molecule is CSc1ncccc1C(=O)N1CCCC[C@H]1CCc1ccccn1. The molecule has 3 rings (SSSR count). The van der Waals surface area contributed by atoms with Crippen molar-refractivity contribution >= 4 is 17.7 Å². The van der Waals surface area contributed by atoms with E-state index >= 15 is 0 Å². The first-order chi connectivity index (χ1) is 11.8. The quantitative estimate of drug-likeness (QED) is 0.776. The highest BCUT2D eigenvalue weighted by molar-refractivity contribution is 7.98. The zero-order chi connectivity index (χ0) is 16.8. The van der Waals surface area contributed by atoms with Crippen LogP contribution in [0.1, 0.15) is 41.7 Å². The Labute approximate surface area is 147 Å². The molecule has 0 unspecified atom stereocenters. The molecule has 0 bridgehead atoms. The van der Waals surface area contributed by atoms with Crippen LogP contribution in [0.5, 0.6) is 0 Å². The van der Waals surface area contributed by atoms with Crippen molar-refractivity contribution in [3.63, 3.8) is 0 Å². The van der Waals surface area contributed by atoms with Gasteiger partial charge in [-0.15, -0.1) is 11.8 Å². The highest BCUT2D eigenvalue weighted by atomic mass is 32.2. The largest absolute Gasteiger partial charge is 0.336 e. The predicted molar refractivity (Wildman–Crippen MR) is 97.3 cm³/mol. The first-order valence-electron chi connectivity index (χ1n) is 8.49. The molecule has 1 amide bonds. The molecule has 5 heteroatoms. The average molecular weight is 341 g/mol. The van der Waals surface area contributed by atoms with E-state index in [-0.39, 0.29) is 5.91 Å². The molecule has 0 saturated carbocycles. The standard InChI is InChI=1S/C19H23N3OS/c1-24-18-17(9-6-13-21-18)19(23)22-14-5-3-8-16(22)11-10-15-7-2-4-12-20-15/h2,4,6-7,9,12-13,16H,3,5,8,10-11,14H2,1H3/t16-/m0/s1. The van der Waals surface area contributed by atoms with Crippen molar-refractivity contribution in [3.8, 4) is 0 Å². The fourth-order valence-electron chi connectivity index (χ4n) is 3.30. The van der Waals surface area contributed by atoms with E-state index < -0.39 is 0 Å². The molecule has 0 radical (unpaired) electrons. The normalized spacial score (nSPS) is 17.7. The maximum Gasteiger partial charge on any atom is 0.256 e. The van der Waals surface area contributed by atoms with Crippen LogP contribution in [0.3, 0.4) is 0 Å². The first-order valence-corrected chi connectivity index (χ1v) is 9.72.